The number of benzene rings is 2. The molecule has 0 aliphatic heterocycles. The van der Waals surface area contributed by atoms with Crippen molar-refractivity contribution in [2.24, 2.45) is 0 Å². The van der Waals surface area contributed by atoms with Crippen molar-refractivity contribution < 1.29 is 0 Å². The van der Waals surface area contributed by atoms with Gasteiger partial charge in [0.2, 0.25) is 0 Å². The van der Waals surface area contributed by atoms with E-state index in [2.05, 4.69) is 77.0 Å². The quantitative estimate of drug-likeness (QED) is 0.368. The van der Waals surface area contributed by atoms with Crippen LogP contribution in [0.15, 0.2) is 72.8 Å². The van der Waals surface area contributed by atoms with E-state index in [0.29, 0.717) is 5.88 Å². The highest BCUT2D eigenvalue weighted by atomic mass is 35.5. The van der Waals surface area contributed by atoms with Crippen LogP contribution in [0, 0.1) is 0 Å². The van der Waals surface area contributed by atoms with Gasteiger partial charge in [0.1, 0.15) is 0 Å². The van der Waals surface area contributed by atoms with Crippen molar-refractivity contribution in [2.75, 3.05) is 25.5 Å². The number of hydrogen-bond acceptors (Lipinski definition) is 2. The zero-order valence-corrected chi connectivity index (χ0v) is 15.0. The highest BCUT2D eigenvalue weighted by Gasteiger charge is 2.06. The summed E-state index contributed by atoms with van der Waals surface area (Å²) in [7, 11) is 0. The average molecular weight is 343 g/mol. The van der Waals surface area contributed by atoms with E-state index >= 15 is 0 Å². The summed E-state index contributed by atoms with van der Waals surface area (Å²) >= 11 is 5.62. The van der Waals surface area contributed by atoms with Gasteiger partial charge in [-0.05, 0) is 24.1 Å². The molecule has 2 aromatic rings. The predicted octanol–water partition coefficient (Wildman–Crippen LogP) is 4.46. The molecule has 2 rings (SSSR count). The van der Waals surface area contributed by atoms with Gasteiger partial charge in [-0.3, -0.25) is 4.90 Å². The van der Waals surface area contributed by atoms with Crippen LogP contribution in [-0.4, -0.2) is 30.4 Å². The third-order valence-corrected chi connectivity index (χ3v) is 4.02. The normalized spacial score (nSPS) is 11.4. The number of allylic oxidation sites excluding steroid dienone is 1. The zero-order valence-electron chi connectivity index (χ0n) is 14.2. The fourth-order valence-corrected chi connectivity index (χ4v) is 2.78. The lowest BCUT2D eigenvalue weighted by Gasteiger charge is -2.22. The van der Waals surface area contributed by atoms with Gasteiger partial charge in [0.25, 0.3) is 0 Å². The van der Waals surface area contributed by atoms with Gasteiger partial charge in [-0.2, -0.15) is 0 Å². The Morgan fingerprint density at radius 2 is 1.42 bits per heavy atom. The van der Waals surface area contributed by atoms with Crippen LogP contribution in [0.5, 0.6) is 0 Å². The Bertz CT molecular complexity index is 527. The first-order chi connectivity index (χ1) is 11.9. The highest BCUT2D eigenvalue weighted by Crippen LogP contribution is 2.10. The lowest BCUT2D eigenvalue weighted by atomic mass is 10.1. The van der Waals surface area contributed by atoms with Crippen molar-refractivity contribution in [3.63, 3.8) is 0 Å². The summed E-state index contributed by atoms with van der Waals surface area (Å²) in [4.78, 5) is 2.51. The van der Waals surface area contributed by atoms with Crippen LogP contribution >= 0.6 is 11.6 Å². The molecule has 0 spiro atoms. The van der Waals surface area contributed by atoms with E-state index in [-0.39, 0.29) is 0 Å². The van der Waals surface area contributed by atoms with E-state index in [4.69, 9.17) is 11.6 Å². The minimum absolute atomic E-state index is 0.587. The number of hydrogen-bond donors (Lipinski definition) is 1. The lowest BCUT2D eigenvalue weighted by Crippen LogP contribution is -2.27. The number of halogens is 1. The summed E-state index contributed by atoms with van der Waals surface area (Å²) in [5.74, 6) is 0.587. The second kappa shape index (κ2) is 11.9. The Balaban J connectivity index is 1.82. The van der Waals surface area contributed by atoms with Crippen molar-refractivity contribution in [1.82, 2.24) is 10.2 Å². The van der Waals surface area contributed by atoms with Gasteiger partial charge < -0.3 is 5.32 Å². The molecule has 0 radical (unpaired) electrons. The Morgan fingerprint density at radius 1 is 0.833 bits per heavy atom. The van der Waals surface area contributed by atoms with E-state index in [1.807, 2.05) is 6.08 Å². The minimum Gasteiger partial charge on any atom is -0.313 e. The van der Waals surface area contributed by atoms with Crippen LogP contribution in [0.3, 0.4) is 0 Å². The Labute approximate surface area is 151 Å². The fraction of sp³-hybridized carbons (Fsp3) is 0.333. The third kappa shape index (κ3) is 7.78. The Morgan fingerprint density at radius 3 is 1.96 bits per heavy atom. The largest absolute Gasteiger partial charge is 0.313 e. The average Bonchev–Trinajstić information content (AvgIpc) is 2.62. The van der Waals surface area contributed by atoms with E-state index in [0.717, 1.165) is 39.1 Å². The maximum absolute atomic E-state index is 5.62. The zero-order chi connectivity index (χ0) is 16.9. The molecule has 0 bridgehead atoms. The second-order valence-corrected chi connectivity index (χ2v) is 6.17. The first kappa shape index (κ1) is 18.7. The molecule has 0 fully saturated rings. The number of nitrogens with zero attached hydrogens (tertiary/aromatic N) is 1. The first-order valence-corrected chi connectivity index (χ1v) is 9.14. The van der Waals surface area contributed by atoms with Crippen LogP contribution in [0.25, 0.3) is 0 Å². The molecule has 0 heterocycles. The summed E-state index contributed by atoms with van der Waals surface area (Å²) < 4.78 is 0. The molecule has 0 atom stereocenters. The number of alkyl halides is 1. The van der Waals surface area contributed by atoms with E-state index in [9.17, 15) is 0 Å². The molecule has 0 aromatic heterocycles. The van der Waals surface area contributed by atoms with Crippen LogP contribution < -0.4 is 5.32 Å². The van der Waals surface area contributed by atoms with Crippen LogP contribution in [0.4, 0.5) is 0 Å². The van der Waals surface area contributed by atoms with Crippen molar-refractivity contribution >= 4 is 11.6 Å². The molecule has 0 aliphatic rings. The Kier molecular flexibility index (Phi) is 9.25. The smallest absolute Gasteiger partial charge is 0.0404 e. The van der Waals surface area contributed by atoms with Gasteiger partial charge in [-0.25, -0.2) is 0 Å². The van der Waals surface area contributed by atoms with Crippen LogP contribution in [0.1, 0.15) is 17.5 Å². The van der Waals surface area contributed by atoms with Crippen molar-refractivity contribution in [3.8, 4) is 0 Å². The first-order valence-electron chi connectivity index (χ1n) is 8.60. The van der Waals surface area contributed by atoms with Crippen LogP contribution in [-0.2, 0) is 13.1 Å². The van der Waals surface area contributed by atoms with Crippen LogP contribution in [0.2, 0.25) is 0 Å². The Hall–Kier alpha value is -1.61. The molecular formula is C21H27ClN2. The molecule has 0 unspecified atom stereocenters. The van der Waals surface area contributed by atoms with Gasteiger partial charge >= 0.3 is 0 Å². The van der Waals surface area contributed by atoms with Gasteiger partial charge in [-0.1, -0.05) is 72.8 Å². The number of nitrogens with one attached hydrogen (secondary N) is 1. The summed E-state index contributed by atoms with van der Waals surface area (Å²) in [6, 6.07) is 21.4. The molecule has 2 nitrogen and oxygen atoms in total. The van der Waals surface area contributed by atoms with Crippen molar-refractivity contribution in [2.45, 2.75) is 19.5 Å². The molecule has 0 saturated heterocycles. The monoisotopic (exact) mass is 342 g/mol. The number of rotatable bonds is 11. The van der Waals surface area contributed by atoms with Gasteiger partial charge in [-0.15, -0.1) is 11.6 Å². The minimum atomic E-state index is 0.587. The standard InChI is InChI=1S/C21H27ClN2/c22-14-7-8-15-23-16-9-17-24(18-20-10-3-1-4-11-20)19-21-12-5-2-6-13-21/h1-8,10-13,23H,9,14-19H2/b8-7+. The van der Waals surface area contributed by atoms with E-state index in [1.54, 1.807) is 0 Å². The summed E-state index contributed by atoms with van der Waals surface area (Å²) in [5, 5.41) is 3.43. The van der Waals surface area contributed by atoms with Gasteiger partial charge in [0.05, 0.1) is 0 Å². The van der Waals surface area contributed by atoms with E-state index in [1.165, 1.54) is 11.1 Å². The predicted molar refractivity (Wildman–Crippen MR) is 104 cm³/mol. The highest BCUT2D eigenvalue weighted by molar-refractivity contribution is 6.18. The van der Waals surface area contributed by atoms with Crippen molar-refractivity contribution in [1.29, 1.82) is 0 Å². The van der Waals surface area contributed by atoms with Crippen molar-refractivity contribution in [3.05, 3.63) is 83.9 Å². The molecule has 2 aromatic carbocycles. The molecule has 128 valence electrons. The molecular weight excluding hydrogens is 316 g/mol. The summed E-state index contributed by atoms with van der Waals surface area (Å²) in [6.45, 7) is 4.97. The maximum Gasteiger partial charge on any atom is 0.0404 e. The molecule has 24 heavy (non-hydrogen) atoms. The van der Waals surface area contributed by atoms with Gasteiger partial charge in [0.15, 0.2) is 0 Å². The summed E-state index contributed by atoms with van der Waals surface area (Å²) in [6.07, 6.45) is 5.19. The third-order valence-electron chi connectivity index (χ3n) is 3.84. The fourth-order valence-electron chi connectivity index (χ4n) is 2.66. The molecule has 1 N–H and O–H groups in total. The maximum atomic E-state index is 5.62. The molecule has 0 aliphatic carbocycles. The lowest BCUT2D eigenvalue weighted by molar-refractivity contribution is 0.253. The SMILES string of the molecule is ClC/C=C/CNCCCN(Cc1ccccc1)Cc1ccccc1. The van der Waals surface area contributed by atoms with Gasteiger partial charge in [0, 0.05) is 32.1 Å². The molecule has 3 heteroatoms. The molecule has 0 amide bonds. The second-order valence-electron chi connectivity index (χ2n) is 5.87. The molecule has 0 saturated carbocycles. The van der Waals surface area contributed by atoms with E-state index < -0.39 is 0 Å². The topological polar surface area (TPSA) is 15.3 Å². The summed E-state index contributed by atoms with van der Waals surface area (Å²) in [5.41, 5.74) is 2.73.